The molecule has 0 amide bonds. The van der Waals surface area contributed by atoms with Gasteiger partial charge in [-0.05, 0) is 53.9 Å². The molecule has 122 valence electrons. The Morgan fingerprint density at radius 3 is 2.70 bits per heavy atom. The first-order valence-electron chi connectivity index (χ1n) is 7.25. The van der Waals surface area contributed by atoms with Gasteiger partial charge in [-0.25, -0.2) is 4.58 Å². The van der Waals surface area contributed by atoms with E-state index in [1.807, 2.05) is 41.4 Å². The quantitative estimate of drug-likeness (QED) is 0.647. The minimum Gasteiger partial charge on any atom is -1.00 e. The number of aliphatic hydroxyl groups is 1. The van der Waals surface area contributed by atoms with Crippen molar-refractivity contribution in [1.82, 2.24) is 0 Å². The van der Waals surface area contributed by atoms with Gasteiger partial charge in [-0.1, -0.05) is 22.0 Å². The molecular formula is C16H16Br2N2OS2. The Morgan fingerprint density at radius 1 is 1.22 bits per heavy atom. The Morgan fingerprint density at radius 2 is 2.00 bits per heavy atom. The fourth-order valence-corrected chi connectivity index (χ4v) is 5.31. The van der Waals surface area contributed by atoms with Crippen LogP contribution in [0.2, 0.25) is 0 Å². The molecule has 0 radical (unpaired) electrons. The van der Waals surface area contributed by atoms with Crippen molar-refractivity contribution in [2.75, 3.05) is 23.7 Å². The van der Waals surface area contributed by atoms with Crippen molar-refractivity contribution in [3.63, 3.8) is 0 Å². The molecule has 1 unspecified atom stereocenters. The molecule has 1 N–H and O–H groups in total. The molecule has 2 aliphatic heterocycles. The van der Waals surface area contributed by atoms with Gasteiger partial charge in [0.2, 0.25) is 0 Å². The van der Waals surface area contributed by atoms with Crippen LogP contribution in [-0.4, -0.2) is 33.7 Å². The number of thioether (sulfide) groups is 1. The Kier molecular flexibility index (Phi) is 5.23. The molecule has 1 aromatic heterocycles. The van der Waals surface area contributed by atoms with E-state index >= 15 is 0 Å². The smallest absolute Gasteiger partial charge is 0.316 e. The molecule has 23 heavy (non-hydrogen) atoms. The van der Waals surface area contributed by atoms with E-state index < -0.39 is 5.72 Å². The van der Waals surface area contributed by atoms with Crippen LogP contribution in [0.15, 0.2) is 46.3 Å². The van der Waals surface area contributed by atoms with Crippen LogP contribution in [0.5, 0.6) is 0 Å². The molecule has 4 rings (SSSR count). The van der Waals surface area contributed by atoms with Crippen molar-refractivity contribution in [2.45, 2.75) is 12.1 Å². The largest absolute Gasteiger partial charge is 1.00 e. The lowest BCUT2D eigenvalue weighted by Gasteiger charge is -2.27. The van der Waals surface area contributed by atoms with Gasteiger partial charge in [-0.2, -0.15) is 4.90 Å². The molecular weight excluding hydrogens is 460 g/mol. The van der Waals surface area contributed by atoms with Crippen LogP contribution < -0.4 is 21.9 Å². The number of hydrogen-bond donors (Lipinski definition) is 1. The second-order valence-corrected chi connectivity index (χ2v) is 8.44. The molecule has 1 atom stereocenters. The van der Waals surface area contributed by atoms with E-state index in [0.717, 1.165) is 27.3 Å². The molecule has 0 saturated carbocycles. The zero-order chi connectivity index (χ0) is 15.2. The summed E-state index contributed by atoms with van der Waals surface area (Å²) in [6.45, 7) is 1.65. The van der Waals surface area contributed by atoms with Gasteiger partial charge in [0.05, 0.1) is 11.4 Å². The van der Waals surface area contributed by atoms with E-state index in [4.69, 9.17) is 0 Å². The van der Waals surface area contributed by atoms with Crippen LogP contribution in [0, 0.1) is 0 Å². The SMILES string of the molecule is OC1(c2cccs2)C[N+]2=C(SCCC2)N1c1ccc(Br)cc1.[Br-]. The lowest BCUT2D eigenvalue weighted by molar-refractivity contribution is -0.532. The molecule has 0 fully saturated rings. The topological polar surface area (TPSA) is 26.5 Å². The first-order chi connectivity index (χ1) is 10.7. The fourth-order valence-electron chi connectivity index (χ4n) is 3.06. The Labute approximate surface area is 162 Å². The molecule has 2 aromatic rings. The zero-order valence-electron chi connectivity index (χ0n) is 12.3. The third-order valence-corrected chi connectivity index (χ3v) is 6.78. The van der Waals surface area contributed by atoms with Gasteiger partial charge < -0.3 is 22.1 Å². The van der Waals surface area contributed by atoms with Crippen LogP contribution in [0.1, 0.15) is 11.3 Å². The maximum absolute atomic E-state index is 11.5. The highest BCUT2D eigenvalue weighted by molar-refractivity contribution is 9.10. The Bertz CT molecular complexity index is 718. The van der Waals surface area contributed by atoms with Crippen LogP contribution in [0.25, 0.3) is 0 Å². The van der Waals surface area contributed by atoms with Crippen molar-refractivity contribution < 1.29 is 26.7 Å². The summed E-state index contributed by atoms with van der Waals surface area (Å²) in [5, 5.41) is 14.7. The predicted molar refractivity (Wildman–Crippen MR) is 96.9 cm³/mol. The summed E-state index contributed by atoms with van der Waals surface area (Å²) in [6.07, 6.45) is 1.17. The van der Waals surface area contributed by atoms with Crippen molar-refractivity contribution in [3.05, 3.63) is 51.1 Å². The van der Waals surface area contributed by atoms with Gasteiger partial charge in [0.15, 0.2) is 6.54 Å². The predicted octanol–water partition coefficient (Wildman–Crippen LogP) is 0.685. The molecule has 2 aliphatic rings. The Hall–Kier alpha value is -0.340. The molecule has 3 heterocycles. The molecule has 7 heteroatoms. The van der Waals surface area contributed by atoms with Crippen molar-refractivity contribution in [2.24, 2.45) is 0 Å². The first-order valence-corrected chi connectivity index (χ1v) is 9.91. The average Bonchev–Trinajstić information content (AvgIpc) is 3.14. The number of amidine groups is 1. The van der Waals surface area contributed by atoms with Crippen molar-refractivity contribution in [3.8, 4) is 0 Å². The third kappa shape index (κ3) is 3.02. The van der Waals surface area contributed by atoms with Crippen molar-refractivity contribution >= 4 is 49.9 Å². The van der Waals surface area contributed by atoms with E-state index in [9.17, 15) is 5.11 Å². The number of anilines is 1. The summed E-state index contributed by atoms with van der Waals surface area (Å²) in [7, 11) is 0. The van der Waals surface area contributed by atoms with E-state index in [2.05, 4.69) is 37.5 Å². The van der Waals surface area contributed by atoms with E-state index in [0.29, 0.717) is 6.54 Å². The van der Waals surface area contributed by atoms with Crippen molar-refractivity contribution in [1.29, 1.82) is 0 Å². The maximum Gasteiger partial charge on any atom is 0.316 e. The minimum atomic E-state index is -0.978. The van der Waals surface area contributed by atoms with Crippen LogP contribution in [0.3, 0.4) is 0 Å². The molecule has 0 spiro atoms. The highest BCUT2D eigenvalue weighted by Gasteiger charge is 2.55. The van der Waals surface area contributed by atoms with E-state index in [-0.39, 0.29) is 17.0 Å². The van der Waals surface area contributed by atoms with Gasteiger partial charge in [0.25, 0.3) is 5.72 Å². The summed E-state index contributed by atoms with van der Waals surface area (Å²) in [4.78, 5) is 3.10. The number of thiophene rings is 1. The molecule has 0 saturated heterocycles. The standard InChI is InChI=1S/C16H16BrN2OS2.BrH/c17-12-4-6-13(7-5-12)19-15-18(8-2-10-22-15)11-16(19,20)14-3-1-9-21-14;/h1,3-7,9,20H,2,8,10-11H2;1H/q+1;/p-1. The highest BCUT2D eigenvalue weighted by atomic mass is 79.9. The first kappa shape index (κ1) is 17.5. The number of halogens is 2. The summed E-state index contributed by atoms with van der Waals surface area (Å²) >= 11 is 6.95. The summed E-state index contributed by atoms with van der Waals surface area (Å²) in [5.74, 6) is 1.11. The lowest BCUT2D eigenvalue weighted by Crippen LogP contribution is -3.00. The lowest BCUT2D eigenvalue weighted by atomic mass is 10.1. The van der Waals surface area contributed by atoms with Crippen LogP contribution in [-0.2, 0) is 5.72 Å². The van der Waals surface area contributed by atoms with Crippen LogP contribution in [0.4, 0.5) is 5.69 Å². The minimum absolute atomic E-state index is 0. The van der Waals surface area contributed by atoms with E-state index in [1.54, 1.807) is 11.3 Å². The van der Waals surface area contributed by atoms with Gasteiger partial charge in [0.1, 0.15) is 5.69 Å². The summed E-state index contributed by atoms with van der Waals surface area (Å²) in [6, 6.07) is 12.2. The summed E-state index contributed by atoms with van der Waals surface area (Å²) in [5.41, 5.74) is 0.0558. The molecule has 0 aliphatic carbocycles. The maximum atomic E-state index is 11.5. The fraction of sp³-hybridized carbons (Fsp3) is 0.312. The average molecular weight is 476 g/mol. The third-order valence-electron chi connectivity index (χ3n) is 4.05. The van der Waals surface area contributed by atoms with Gasteiger partial charge >= 0.3 is 5.17 Å². The second kappa shape index (κ2) is 6.88. The normalized spacial score (nSPS) is 23.7. The number of hydrogen-bond acceptors (Lipinski definition) is 4. The highest BCUT2D eigenvalue weighted by Crippen LogP contribution is 2.41. The molecule has 3 nitrogen and oxygen atoms in total. The number of nitrogens with zero attached hydrogens (tertiary/aromatic N) is 2. The second-order valence-electron chi connectivity index (χ2n) is 5.51. The zero-order valence-corrected chi connectivity index (χ0v) is 17.1. The van der Waals surface area contributed by atoms with E-state index in [1.165, 1.54) is 11.6 Å². The van der Waals surface area contributed by atoms with Gasteiger partial charge in [-0.15, -0.1) is 11.3 Å². The van der Waals surface area contributed by atoms with Gasteiger partial charge in [0, 0.05) is 10.2 Å². The summed E-state index contributed by atoms with van der Waals surface area (Å²) < 4.78 is 3.36. The number of rotatable bonds is 2. The monoisotopic (exact) mass is 474 g/mol. The number of benzene rings is 1. The Balaban J connectivity index is 0.00000156. The van der Waals surface area contributed by atoms with Gasteiger partial charge in [-0.3, -0.25) is 0 Å². The molecule has 1 aromatic carbocycles. The van der Waals surface area contributed by atoms with Crippen LogP contribution >= 0.6 is 39.0 Å². The molecule has 0 bridgehead atoms.